The first-order valence-corrected chi connectivity index (χ1v) is 7.48. The lowest BCUT2D eigenvalue weighted by atomic mass is 10.2. The molecule has 3 N–H and O–H groups in total. The van der Waals surface area contributed by atoms with Crippen LogP contribution in [0.4, 0.5) is 4.39 Å². The maximum Gasteiger partial charge on any atom is 0.222 e. The minimum Gasteiger partial charge on any atom is -0.439 e. The van der Waals surface area contributed by atoms with E-state index in [2.05, 4.69) is 10.3 Å². The van der Waals surface area contributed by atoms with E-state index in [1.165, 1.54) is 31.4 Å². The van der Waals surface area contributed by atoms with Crippen molar-refractivity contribution in [3.8, 4) is 11.6 Å². The Balaban J connectivity index is 0.00000312. The number of hydrogen-bond acceptors (Lipinski definition) is 5. The van der Waals surface area contributed by atoms with Gasteiger partial charge in [0.15, 0.2) is 0 Å². The van der Waals surface area contributed by atoms with Gasteiger partial charge in [-0.2, -0.15) is 0 Å². The van der Waals surface area contributed by atoms with Gasteiger partial charge < -0.3 is 20.5 Å². The van der Waals surface area contributed by atoms with Crippen molar-refractivity contribution in [3.63, 3.8) is 0 Å². The molecule has 0 aliphatic heterocycles. The molecule has 144 valence electrons. The molecule has 0 fully saturated rings. The molecular formula is C17H22Cl2FN3O3. The molecule has 1 aromatic carbocycles. The van der Waals surface area contributed by atoms with Crippen LogP contribution >= 0.6 is 24.8 Å². The largest absolute Gasteiger partial charge is 0.439 e. The number of pyridine rings is 1. The molecule has 0 spiro atoms. The molecule has 9 heteroatoms. The Morgan fingerprint density at radius 2 is 1.92 bits per heavy atom. The van der Waals surface area contributed by atoms with E-state index in [9.17, 15) is 9.18 Å². The first-order valence-electron chi connectivity index (χ1n) is 7.48. The minimum atomic E-state index is -0.327. The topological polar surface area (TPSA) is 86.5 Å². The molecule has 1 amide bonds. The van der Waals surface area contributed by atoms with Crippen LogP contribution in [0.5, 0.6) is 11.6 Å². The van der Waals surface area contributed by atoms with E-state index in [1.54, 1.807) is 18.3 Å². The van der Waals surface area contributed by atoms with Crippen LogP contribution in [0.3, 0.4) is 0 Å². The van der Waals surface area contributed by atoms with E-state index < -0.39 is 0 Å². The second-order valence-corrected chi connectivity index (χ2v) is 5.13. The second kappa shape index (κ2) is 12.4. The van der Waals surface area contributed by atoms with E-state index >= 15 is 0 Å². The van der Waals surface area contributed by atoms with Crippen molar-refractivity contribution >= 4 is 30.7 Å². The molecule has 0 aliphatic carbocycles. The molecule has 2 aromatic rings. The molecule has 1 atom stereocenters. The molecule has 1 aromatic heterocycles. The standard InChI is InChI=1S/C17H20FN3O3.2ClH/c1-23-15(9-19)8-16(22)20-10-12-2-7-17(21-11-12)24-14-5-3-13(18)4-6-14;;/h2-7,11,15H,8-10,19H2,1H3,(H,20,22);2*1H. The Hall–Kier alpha value is -1.93. The van der Waals surface area contributed by atoms with Gasteiger partial charge >= 0.3 is 0 Å². The number of ether oxygens (including phenoxy) is 2. The molecule has 0 bridgehead atoms. The fraction of sp³-hybridized carbons (Fsp3) is 0.294. The van der Waals surface area contributed by atoms with Crippen LogP contribution in [0.2, 0.25) is 0 Å². The maximum absolute atomic E-state index is 12.8. The van der Waals surface area contributed by atoms with Gasteiger partial charge in [0.25, 0.3) is 0 Å². The Bertz CT molecular complexity index is 653. The van der Waals surface area contributed by atoms with Gasteiger partial charge in [0.2, 0.25) is 11.8 Å². The number of hydrogen-bond donors (Lipinski definition) is 2. The fourth-order valence-corrected chi connectivity index (χ4v) is 1.94. The van der Waals surface area contributed by atoms with Crippen LogP contribution in [0.1, 0.15) is 12.0 Å². The van der Waals surface area contributed by atoms with Gasteiger partial charge in [0, 0.05) is 32.5 Å². The van der Waals surface area contributed by atoms with E-state index in [0.717, 1.165) is 5.56 Å². The predicted molar refractivity (Wildman–Crippen MR) is 102 cm³/mol. The summed E-state index contributed by atoms with van der Waals surface area (Å²) in [5.41, 5.74) is 6.31. The van der Waals surface area contributed by atoms with Crippen molar-refractivity contribution in [2.45, 2.75) is 19.1 Å². The highest BCUT2D eigenvalue weighted by Gasteiger charge is 2.11. The number of nitrogens with two attached hydrogens (primary N) is 1. The van der Waals surface area contributed by atoms with Crippen LogP contribution < -0.4 is 15.8 Å². The van der Waals surface area contributed by atoms with Gasteiger partial charge in [0.1, 0.15) is 11.6 Å². The van der Waals surface area contributed by atoms with Crippen LogP contribution in [-0.2, 0) is 16.1 Å². The Morgan fingerprint density at radius 3 is 2.46 bits per heavy atom. The number of amides is 1. The van der Waals surface area contributed by atoms with Crippen LogP contribution in [0, 0.1) is 5.82 Å². The Morgan fingerprint density at radius 1 is 1.23 bits per heavy atom. The summed E-state index contributed by atoms with van der Waals surface area (Å²) in [4.78, 5) is 15.9. The zero-order chi connectivity index (χ0) is 17.4. The molecule has 0 saturated carbocycles. The van der Waals surface area contributed by atoms with Gasteiger partial charge in [0.05, 0.1) is 12.5 Å². The fourth-order valence-electron chi connectivity index (χ4n) is 1.94. The number of carbonyl (C=O) groups excluding carboxylic acids is 1. The summed E-state index contributed by atoms with van der Waals surface area (Å²) in [6, 6.07) is 9.15. The number of rotatable bonds is 8. The van der Waals surface area contributed by atoms with Crippen molar-refractivity contribution in [2.75, 3.05) is 13.7 Å². The monoisotopic (exact) mass is 405 g/mol. The van der Waals surface area contributed by atoms with Crippen molar-refractivity contribution in [3.05, 3.63) is 54.0 Å². The molecule has 6 nitrogen and oxygen atoms in total. The Kier molecular flexibility index (Phi) is 11.5. The van der Waals surface area contributed by atoms with Gasteiger partial charge in [-0.05, 0) is 29.8 Å². The number of halogens is 3. The lowest BCUT2D eigenvalue weighted by Gasteiger charge is -2.12. The lowest BCUT2D eigenvalue weighted by molar-refractivity contribution is -0.123. The van der Waals surface area contributed by atoms with E-state index in [4.69, 9.17) is 15.2 Å². The van der Waals surface area contributed by atoms with Crippen molar-refractivity contribution in [2.24, 2.45) is 5.73 Å². The summed E-state index contributed by atoms with van der Waals surface area (Å²) in [7, 11) is 1.52. The number of benzene rings is 1. The quantitative estimate of drug-likeness (QED) is 0.704. The number of carbonyl (C=O) groups is 1. The normalized spacial score (nSPS) is 10.9. The van der Waals surface area contributed by atoms with Crippen LogP contribution in [0.15, 0.2) is 42.6 Å². The predicted octanol–water partition coefficient (Wildman–Crippen LogP) is 2.84. The molecule has 0 saturated heterocycles. The summed E-state index contributed by atoms with van der Waals surface area (Å²) < 4.78 is 23.4. The molecule has 1 unspecified atom stereocenters. The summed E-state index contributed by atoms with van der Waals surface area (Å²) in [5.74, 6) is 0.419. The SMILES string of the molecule is COC(CN)CC(=O)NCc1ccc(Oc2ccc(F)cc2)nc1.Cl.Cl. The first kappa shape index (κ1) is 24.1. The highest BCUT2D eigenvalue weighted by molar-refractivity contribution is 5.85. The molecule has 0 aliphatic rings. The average molecular weight is 406 g/mol. The second-order valence-electron chi connectivity index (χ2n) is 5.13. The zero-order valence-electron chi connectivity index (χ0n) is 14.2. The summed E-state index contributed by atoms with van der Waals surface area (Å²) in [5, 5.41) is 2.78. The zero-order valence-corrected chi connectivity index (χ0v) is 15.8. The third kappa shape index (κ3) is 7.97. The number of nitrogens with zero attached hydrogens (tertiary/aromatic N) is 1. The van der Waals surface area contributed by atoms with Crippen LogP contribution in [-0.4, -0.2) is 30.6 Å². The number of aromatic nitrogens is 1. The Labute approximate surface area is 164 Å². The van der Waals surface area contributed by atoms with Crippen molar-refractivity contribution in [1.29, 1.82) is 0 Å². The van der Waals surface area contributed by atoms with E-state index in [0.29, 0.717) is 24.7 Å². The average Bonchev–Trinajstić information content (AvgIpc) is 2.61. The molecule has 1 heterocycles. The molecule has 0 radical (unpaired) electrons. The highest BCUT2D eigenvalue weighted by Crippen LogP contribution is 2.19. The van der Waals surface area contributed by atoms with Crippen molar-refractivity contribution < 1.29 is 18.7 Å². The number of nitrogens with one attached hydrogen (secondary N) is 1. The number of methoxy groups -OCH3 is 1. The highest BCUT2D eigenvalue weighted by atomic mass is 35.5. The lowest BCUT2D eigenvalue weighted by Crippen LogP contribution is -2.31. The third-order valence-corrected chi connectivity index (χ3v) is 3.33. The summed E-state index contributed by atoms with van der Waals surface area (Å²) >= 11 is 0. The maximum atomic E-state index is 12.8. The van der Waals surface area contributed by atoms with E-state index in [1.807, 2.05) is 0 Å². The van der Waals surface area contributed by atoms with E-state index in [-0.39, 0.29) is 49.1 Å². The van der Waals surface area contributed by atoms with Gasteiger partial charge in [-0.25, -0.2) is 9.37 Å². The molecule has 26 heavy (non-hydrogen) atoms. The van der Waals surface area contributed by atoms with Crippen molar-refractivity contribution in [1.82, 2.24) is 10.3 Å². The third-order valence-electron chi connectivity index (χ3n) is 3.33. The minimum absolute atomic E-state index is 0. The van der Waals surface area contributed by atoms with Gasteiger partial charge in [-0.1, -0.05) is 6.07 Å². The molecule has 2 rings (SSSR count). The van der Waals surface area contributed by atoms with Gasteiger partial charge in [-0.3, -0.25) is 4.79 Å². The van der Waals surface area contributed by atoms with Gasteiger partial charge in [-0.15, -0.1) is 24.8 Å². The summed E-state index contributed by atoms with van der Waals surface area (Å²) in [6.07, 6.45) is 1.54. The molecular weight excluding hydrogens is 384 g/mol. The van der Waals surface area contributed by atoms with Crippen LogP contribution in [0.25, 0.3) is 0 Å². The smallest absolute Gasteiger partial charge is 0.222 e. The summed E-state index contributed by atoms with van der Waals surface area (Å²) in [6.45, 7) is 0.643. The first-order chi connectivity index (χ1) is 11.6.